The standard InChI is InChI=1S/C14H18N2O4/c1-10-8-11(5-6-13(10)16(18)19)15-14(17)9-12-4-2-3-7-20-12/h5-6,8,12H,2-4,7,9H2,1H3,(H,15,17)/t12-/m1/s1. The molecule has 0 aliphatic carbocycles. The second-order valence-corrected chi connectivity index (χ2v) is 5.00. The Labute approximate surface area is 117 Å². The predicted octanol–water partition coefficient (Wildman–Crippen LogP) is 2.80. The number of nitro benzene ring substituents is 1. The number of carbonyl (C=O) groups excluding carboxylic acids is 1. The number of carbonyl (C=O) groups is 1. The van der Waals surface area contributed by atoms with Crippen LogP contribution in [0.15, 0.2) is 18.2 Å². The van der Waals surface area contributed by atoms with Gasteiger partial charge in [0, 0.05) is 23.9 Å². The molecule has 1 aromatic carbocycles. The van der Waals surface area contributed by atoms with Crippen LogP contribution in [0.3, 0.4) is 0 Å². The quantitative estimate of drug-likeness (QED) is 0.678. The molecule has 1 fully saturated rings. The summed E-state index contributed by atoms with van der Waals surface area (Å²) in [6, 6.07) is 4.56. The molecule has 0 bridgehead atoms. The fraction of sp³-hybridized carbons (Fsp3) is 0.500. The van der Waals surface area contributed by atoms with Crippen molar-refractivity contribution in [3.05, 3.63) is 33.9 Å². The molecule has 6 nitrogen and oxygen atoms in total. The average Bonchev–Trinajstić information content (AvgIpc) is 2.39. The fourth-order valence-electron chi connectivity index (χ4n) is 2.33. The van der Waals surface area contributed by atoms with Crippen LogP contribution in [0.2, 0.25) is 0 Å². The number of benzene rings is 1. The minimum atomic E-state index is -0.434. The highest BCUT2D eigenvalue weighted by Gasteiger charge is 2.18. The highest BCUT2D eigenvalue weighted by atomic mass is 16.6. The van der Waals surface area contributed by atoms with Gasteiger partial charge >= 0.3 is 0 Å². The SMILES string of the molecule is Cc1cc(NC(=O)C[C@H]2CCCCO2)ccc1[N+](=O)[O-]. The summed E-state index contributed by atoms with van der Waals surface area (Å²) in [4.78, 5) is 22.2. The lowest BCUT2D eigenvalue weighted by Crippen LogP contribution is -2.25. The predicted molar refractivity (Wildman–Crippen MR) is 74.7 cm³/mol. The van der Waals surface area contributed by atoms with E-state index in [-0.39, 0.29) is 17.7 Å². The molecule has 0 unspecified atom stereocenters. The van der Waals surface area contributed by atoms with Crippen molar-refractivity contribution >= 4 is 17.3 Å². The van der Waals surface area contributed by atoms with Crippen molar-refractivity contribution in [1.82, 2.24) is 0 Å². The van der Waals surface area contributed by atoms with Crippen molar-refractivity contribution in [3.63, 3.8) is 0 Å². The molecule has 1 atom stereocenters. The molecule has 20 heavy (non-hydrogen) atoms. The molecule has 6 heteroatoms. The number of nitro groups is 1. The zero-order valence-electron chi connectivity index (χ0n) is 11.4. The van der Waals surface area contributed by atoms with Gasteiger partial charge in [0.05, 0.1) is 17.4 Å². The third-order valence-corrected chi connectivity index (χ3v) is 3.36. The Morgan fingerprint density at radius 1 is 1.50 bits per heavy atom. The maximum atomic E-state index is 11.9. The van der Waals surface area contributed by atoms with E-state index >= 15 is 0 Å². The lowest BCUT2D eigenvalue weighted by molar-refractivity contribution is -0.385. The summed E-state index contributed by atoms with van der Waals surface area (Å²) in [7, 11) is 0. The Bertz CT molecular complexity index is 510. The van der Waals surface area contributed by atoms with Crippen LogP contribution >= 0.6 is 0 Å². The Balaban J connectivity index is 1.93. The summed E-state index contributed by atoms with van der Waals surface area (Å²) < 4.78 is 5.51. The monoisotopic (exact) mass is 278 g/mol. The second kappa shape index (κ2) is 6.47. The van der Waals surface area contributed by atoms with Gasteiger partial charge in [0.1, 0.15) is 0 Å². The van der Waals surface area contributed by atoms with Crippen molar-refractivity contribution in [2.45, 2.75) is 38.7 Å². The van der Waals surface area contributed by atoms with Gasteiger partial charge in [-0.15, -0.1) is 0 Å². The minimum absolute atomic E-state index is 0.0112. The molecule has 1 aliphatic heterocycles. The maximum absolute atomic E-state index is 11.9. The van der Waals surface area contributed by atoms with Crippen LogP contribution in [0.25, 0.3) is 0 Å². The number of anilines is 1. The van der Waals surface area contributed by atoms with Gasteiger partial charge in [-0.1, -0.05) is 0 Å². The van der Waals surface area contributed by atoms with Crippen molar-refractivity contribution in [3.8, 4) is 0 Å². The number of nitrogens with zero attached hydrogens (tertiary/aromatic N) is 1. The topological polar surface area (TPSA) is 81.5 Å². The molecule has 108 valence electrons. The lowest BCUT2D eigenvalue weighted by atomic mass is 10.1. The molecule has 1 heterocycles. The Morgan fingerprint density at radius 3 is 2.90 bits per heavy atom. The van der Waals surface area contributed by atoms with E-state index in [0.717, 1.165) is 19.3 Å². The van der Waals surface area contributed by atoms with Crippen molar-refractivity contribution in [1.29, 1.82) is 0 Å². The zero-order chi connectivity index (χ0) is 14.5. The Morgan fingerprint density at radius 2 is 2.30 bits per heavy atom. The van der Waals surface area contributed by atoms with Crippen LogP contribution in [-0.2, 0) is 9.53 Å². The number of amides is 1. The summed E-state index contributed by atoms with van der Waals surface area (Å²) in [6.07, 6.45) is 3.37. The number of rotatable bonds is 4. The van der Waals surface area contributed by atoms with E-state index in [2.05, 4.69) is 5.32 Å². The van der Waals surface area contributed by atoms with E-state index in [1.165, 1.54) is 6.07 Å². The first-order valence-corrected chi connectivity index (χ1v) is 6.73. The van der Waals surface area contributed by atoms with Gasteiger partial charge in [0.25, 0.3) is 5.69 Å². The Hall–Kier alpha value is -1.95. The summed E-state index contributed by atoms with van der Waals surface area (Å²) in [6.45, 7) is 2.37. The van der Waals surface area contributed by atoms with Crippen LogP contribution in [0.5, 0.6) is 0 Å². The Kier molecular flexibility index (Phi) is 4.68. The first-order valence-electron chi connectivity index (χ1n) is 6.73. The van der Waals surface area contributed by atoms with Crippen molar-refractivity contribution < 1.29 is 14.5 Å². The van der Waals surface area contributed by atoms with E-state index < -0.39 is 4.92 Å². The third kappa shape index (κ3) is 3.77. The van der Waals surface area contributed by atoms with E-state index in [9.17, 15) is 14.9 Å². The second-order valence-electron chi connectivity index (χ2n) is 5.00. The normalized spacial score (nSPS) is 18.6. The molecule has 2 rings (SSSR count). The number of nitrogens with one attached hydrogen (secondary N) is 1. The largest absolute Gasteiger partial charge is 0.378 e. The van der Waals surface area contributed by atoms with E-state index in [1.54, 1.807) is 19.1 Å². The summed E-state index contributed by atoms with van der Waals surface area (Å²) in [5.41, 5.74) is 1.16. The highest BCUT2D eigenvalue weighted by Crippen LogP contribution is 2.22. The molecule has 1 aliphatic rings. The molecule has 0 aromatic heterocycles. The zero-order valence-corrected chi connectivity index (χ0v) is 11.4. The van der Waals surface area contributed by atoms with Crippen LogP contribution in [-0.4, -0.2) is 23.5 Å². The number of ether oxygens (including phenoxy) is 1. The van der Waals surface area contributed by atoms with E-state index in [0.29, 0.717) is 24.3 Å². The molecule has 1 amide bonds. The highest BCUT2D eigenvalue weighted by molar-refractivity contribution is 5.91. The molecule has 1 saturated heterocycles. The average molecular weight is 278 g/mol. The first kappa shape index (κ1) is 14.5. The van der Waals surface area contributed by atoms with E-state index in [4.69, 9.17) is 4.74 Å². The smallest absolute Gasteiger partial charge is 0.272 e. The number of hydrogen-bond acceptors (Lipinski definition) is 4. The summed E-state index contributed by atoms with van der Waals surface area (Å²) in [5, 5.41) is 13.5. The van der Waals surface area contributed by atoms with Crippen LogP contribution in [0.1, 0.15) is 31.2 Å². The van der Waals surface area contributed by atoms with Gasteiger partial charge in [0.2, 0.25) is 5.91 Å². The van der Waals surface area contributed by atoms with Gasteiger partial charge in [-0.3, -0.25) is 14.9 Å². The molecule has 1 N–H and O–H groups in total. The minimum Gasteiger partial charge on any atom is -0.378 e. The van der Waals surface area contributed by atoms with Gasteiger partial charge in [-0.05, 0) is 38.3 Å². The van der Waals surface area contributed by atoms with Gasteiger partial charge in [-0.25, -0.2) is 0 Å². The number of hydrogen-bond donors (Lipinski definition) is 1. The summed E-state index contributed by atoms with van der Waals surface area (Å²) in [5.74, 6) is -0.120. The van der Waals surface area contributed by atoms with Gasteiger partial charge in [0.15, 0.2) is 0 Å². The third-order valence-electron chi connectivity index (χ3n) is 3.36. The van der Waals surface area contributed by atoms with Crippen LogP contribution in [0, 0.1) is 17.0 Å². The summed E-state index contributed by atoms with van der Waals surface area (Å²) >= 11 is 0. The van der Waals surface area contributed by atoms with Gasteiger partial charge in [-0.2, -0.15) is 0 Å². The van der Waals surface area contributed by atoms with Gasteiger partial charge < -0.3 is 10.1 Å². The molecule has 0 radical (unpaired) electrons. The maximum Gasteiger partial charge on any atom is 0.272 e. The molecule has 1 aromatic rings. The molecular formula is C14H18N2O4. The van der Waals surface area contributed by atoms with E-state index in [1.807, 2.05) is 0 Å². The number of aryl methyl sites for hydroxylation is 1. The fourth-order valence-corrected chi connectivity index (χ4v) is 2.33. The van der Waals surface area contributed by atoms with Crippen molar-refractivity contribution in [2.75, 3.05) is 11.9 Å². The first-order chi connectivity index (χ1) is 9.56. The molecule has 0 saturated carbocycles. The molecule has 0 spiro atoms. The lowest BCUT2D eigenvalue weighted by Gasteiger charge is -2.21. The van der Waals surface area contributed by atoms with Crippen LogP contribution in [0.4, 0.5) is 11.4 Å². The van der Waals surface area contributed by atoms with Crippen molar-refractivity contribution in [2.24, 2.45) is 0 Å². The molecular weight excluding hydrogens is 260 g/mol. The van der Waals surface area contributed by atoms with Crippen LogP contribution < -0.4 is 5.32 Å².